The summed E-state index contributed by atoms with van der Waals surface area (Å²) in [5, 5.41) is 0. The molecule has 0 bridgehead atoms. The molecule has 1 fully saturated rings. The summed E-state index contributed by atoms with van der Waals surface area (Å²) in [6.45, 7) is 2.76. The number of carbonyl (C=O) groups excluding carboxylic acids is 2. The van der Waals surface area contributed by atoms with Crippen LogP contribution in [0.2, 0.25) is 0 Å². The summed E-state index contributed by atoms with van der Waals surface area (Å²) in [7, 11) is -3.97. The van der Waals surface area contributed by atoms with Gasteiger partial charge in [-0.1, -0.05) is 18.2 Å². The lowest BCUT2D eigenvalue weighted by Gasteiger charge is -2.24. The molecule has 0 saturated carbocycles. The van der Waals surface area contributed by atoms with Crippen LogP contribution in [0.3, 0.4) is 0 Å². The van der Waals surface area contributed by atoms with Crippen LogP contribution in [0.5, 0.6) is 0 Å². The van der Waals surface area contributed by atoms with Crippen LogP contribution in [-0.4, -0.2) is 72.0 Å². The summed E-state index contributed by atoms with van der Waals surface area (Å²) >= 11 is 0. The molecule has 0 atom stereocenters. The minimum atomic E-state index is -3.97. The third kappa shape index (κ3) is 3.88. The van der Waals surface area contributed by atoms with Crippen molar-refractivity contribution in [2.75, 3.05) is 32.7 Å². The fourth-order valence-electron chi connectivity index (χ4n) is 3.71. The summed E-state index contributed by atoms with van der Waals surface area (Å²) in [5.74, 6) is -0.991. The Labute approximate surface area is 169 Å². The van der Waals surface area contributed by atoms with Crippen molar-refractivity contribution in [1.29, 1.82) is 0 Å². The molecule has 152 valence electrons. The third-order valence-corrected chi connectivity index (χ3v) is 7.03. The van der Waals surface area contributed by atoms with E-state index in [1.807, 2.05) is 18.2 Å². The van der Waals surface area contributed by atoms with Gasteiger partial charge < -0.3 is 4.90 Å². The van der Waals surface area contributed by atoms with Crippen molar-refractivity contribution in [2.24, 2.45) is 0 Å². The lowest BCUT2D eigenvalue weighted by atomic mass is 10.2. The smallest absolute Gasteiger partial charge is 0.269 e. The Bertz CT molecular complexity index is 1030. The summed E-state index contributed by atoms with van der Waals surface area (Å²) < 4.78 is 26.0. The quantitative estimate of drug-likeness (QED) is 0.740. The van der Waals surface area contributed by atoms with Gasteiger partial charge in [0.25, 0.3) is 15.9 Å². The van der Waals surface area contributed by atoms with Crippen LogP contribution >= 0.6 is 0 Å². The first-order chi connectivity index (χ1) is 14.0. The summed E-state index contributed by atoms with van der Waals surface area (Å²) in [6, 6.07) is 11.8. The molecule has 0 aliphatic carbocycles. The Morgan fingerprint density at radius 2 is 1.79 bits per heavy atom. The van der Waals surface area contributed by atoms with E-state index >= 15 is 0 Å². The minimum Gasteiger partial charge on any atom is -0.340 e. The van der Waals surface area contributed by atoms with Gasteiger partial charge in [0.2, 0.25) is 5.91 Å². The Morgan fingerprint density at radius 1 is 1.00 bits per heavy atom. The van der Waals surface area contributed by atoms with Crippen LogP contribution in [0.15, 0.2) is 53.6 Å². The second-order valence-corrected chi connectivity index (χ2v) is 8.98. The number of sulfonamides is 1. The average molecular weight is 414 g/mol. The Morgan fingerprint density at radius 3 is 2.55 bits per heavy atom. The molecule has 0 radical (unpaired) electrons. The summed E-state index contributed by atoms with van der Waals surface area (Å²) in [6.07, 6.45) is 2.54. The topological polar surface area (TPSA) is 90.9 Å². The number of aromatic nitrogens is 1. The van der Waals surface area contributed by atoms with Crippen LogP contribution in [0.25, 0.3) is 0 Å². The van der Waals surface area contributed by atoms with Crippen LogP contribution in [0.4, 0.5) is 0 Å². The second kappa shape index (κ2) is 7.92. The van der Waals surface area contributed by atoms with E-state index < -0.39 is 22.5 Å². The lowest BCUT2D eigenvalue weighted by molar-refractivity contribution is -0.130. The van der Waals surface area contributed by atoms with Crippen LogP contribution in [-0.2, 0) is 21.4 Å². The van der Waals surface area contributed by atoms with Crippen molar-refractivity contribution in [2.45, 2.75) is 17.9 Å². The van der Waals surface area contributed by atoms with Gasteiger partial charge in [0.1, 0.15) is 11.4 Å². The standard InChI is InChI=1S/C20H22N4O4S/c25-19(15-24-20(26)17-7-1-2-8-18(17)29(24,27)28)23-11-5-10-22(12-13-23)14-16-6-3-4-9-21-16/h1-4,6-9H,5,10-15H2. The maximum absolute atomic E-state index is 12.8. The number of hydrogen-bond donors (Lipinski definition) is 0. The van der Waals surface area contributed by atoms with E-state index in [4.69, 9.17) is 0 Å². The first kappa shape index (κ1) is 19.5. The number of rotatable bonds is 4. The number of hydrogen-bond acceptors (Lipinski definition) is 6. The summed E-state index contributed by atoms with van der Waals surface area (Å²) in [4.78, 5) is 33.5. The molecule has 9 heteroatoms. The van der Waals surface area contributed by atoms with E-state index in [1.165, 1.54) is 12.1 Å². The number of amides is 2. The molecule has 29 heavy (non-hydrogen) atoms. The molecule has 0 unspecified atom stereocenters. The van der Waals surface area contributed by atoms with Gasteiger partial charge >= 0.3 is 0 Å². The van der Waals surface area contributed by atoms with Crippen molar-refractivity contribution < 1.29 is 18.0 Å². The van der Waals surface area contributed by atoms with E-state index in [-0.39, 0.29) is 16.4 Å². The number of carbonyl (C=O) groups is 2. The zero-order chi connectivity index (χ0) is 20.4. The molecule has 1 aromatic carbocycles. The van der Waals surface area contributed by atoms with E-state index in [0.717, 1.165) is 18.7 Å². The van der Waals surface area contributed by atoms with Gasteiger partial charge in [0.15, 0.2) is 0 Å². The normalized spacial score (nSPS) is 19.1. The lowest BCUT2D eigenvalue weighted by Crippen LogP contribution is -2.44. The molecule has 2 aromatic rings. The number of pyridine rings is 1. The SMILES string of the molecule is O=C(CN1C(=O)c2ccccc2S1(=O)=O)N1CCCN(Cc2ccccn2)CC1. The van der Waals surface area contributed by atoms with Crippen molar-refractivity contribution in [3.05, 3.63) is 59.9 Å². The van der Waals surface area contributed by atoms with Gasteiger partial charge in [-0.3, -0.25) is 19.5 Å². The van der Waals surface area contributed by atoms with Gasteiger partial charge in [-0.15, -0.1) is 0 Å². The van der Waals surface area contributed by atoms with Crippen molar-refractivity contribution >= 4 is 21.8 Å². The predicted molar refractivity (Wildman–Crippen MR) is 105 cm³/mol. The van der Waals surface area contributed by atoms with Gasteiger partial charge in [-0.2, -0.15) is 0 Å². The molecular weight excluding hydrogens is 392 g/mol. The van der Waals surface area contributed by atoms with E-state index in [2.05, 4.69) is 9.88 Å². The maximum atomic E-state index is 12.8. The van der Waals surface area contributed by atoms with Gasteiger partial charge in [0.05, 0.1) is 11.3 Å². The molecule has 2 aliphatic heterocycles. The monoisotopic (exact) mass is 414 g/mol. The van der Waals surface area contributed by atoms with Crippen molar-refractivity contribution in [1.82, 2.24) is 19.1 Å². The Balaban J connectivity index is 1.40. The third-order valence-electron chi connectivity index (χ3n) is 5.24. The van der Waals surface area contributed by atoms with Crippen molar-refractivity contribution in [3.63, 3.8) is 0 Å². The van der Waals surface area contributed by atoms with E-state index in [0.29, 0.717) is 30.5 Å². The van der Waals surface area contributed by atoms with E-state index in [9.17, 15) is 18.0 Å². The number of benzene rings is 1. The Hall–Kier alpha value is -2.78. The molecule has 1 aromatic heterocycles. The molecular formula is C20H22N4O4S. The maximum Gasteiger partial charge on any atom is 0.269 e. The minimum absolute atomic E-state index is 0.0322. The molecule has 0 spiro atoms. The molecule has 3 heterocycles. The fourth-order valence-corrected chi connectivity index (χ4v) is 5.23. The van der Waals surface area contributed by atoms with Gasteiger partial charge in [-0.25, -0.2) is 12.7 Å². The molecule has 2 aliphatic rings. The fraction of sp³-hybridized carbons (Fsp3) is 0.350. The first-order valence-corrected chi connectivity index (χ1v) is 11.0. The van der Waals surface area contributed by atoms with Gasteiger partial charge in [-0.05, 0) is 30.7 Å². The highest BCUT2D eigenvalue weighted by atomic mass is 32.2. The molecule has 0 N–H and O–H groups in total. The summed E-state index contributed by atoms with van der Waals surface area (Å²) in [5.41, 5.74) is 1.09. The predicted octanol–water partition coefficient (Wildman–Crippen LogP) is 0.961. The largest absolute Gasteiger partial charge is 0.340 e. The highest BCUT2D eigenvalue weighted by Gasteiger charge is 2.42. The van der Waals surface area contributed by atoms with E-state index in [1.54, 1.807) is 23.2 Å². The van der Waals surface area contributed by atoms with Crippen LogP contribution in [0.1, 0.15) is 22.5 Å². The second-order valence-electron chi connectivity index (χ2n) is 7.14. The van der Waals surface area contributed by atoms with Crippen molar-refractivity contribution in [3.8, 4) is 0 Å². The molecule has 2 amide bonds. The molecule has 4 rings (SSSR count). The molecule has 8 nitrogen and oxygen atoms in total. The number of nitrogens with zero attached hydrogens (tertiary/aromatic N) is 4. The van der Waals surface area contributed by atoms with Crippen LogP contribution < -0.4 is 0 Å². The Kier molecular flexibility index (Phi) is 5.33. The average Bonchev–Trinajstić information content (AvgIpc) is 2.89. The number of fused-ring (bicyclic) bond motifs is 1. The zero-order valence-corrected chi connectivity index (χ0v) is 16.7. The highest BCUT2D eigenvalue weighted by molar-refractivity contribution is 7.90. The van der Waals surface area contributed by atoms with Crippen LogP contribution in [0, 0.1) is 0 Å². The zero-order valence-electron chi connectivity index (χ0n) is 15.9. The van der Waals surface area contributed by atoms with Gasteiger partial charge in [0, 0.05) is 38.9 Å². The highest BCUT2D eigenvalue weighted by Crippen LogP contribution is 2.29. The molecule has 1 saturated heterocycles. The first-order valence-electron chi connectivity index (χ1n) is 9.53.